The lowest BCUT2D eigenvalue weighted by molar-refractivity contribution is -0.137. The Bertz CT molecular complexity index is 1060. The fraction of sp³-hybridized carbons (Fsp3) is 0.385. The van der Waals surface area contributed by atoms with E-state index in [9.17, 15) is 9.59 Å². The van der Waals surface area contributed by atoms with Crippen molar-refractivity contribution in [2.75, 3.05) is 7.11 Å². The fourth-order valence-corrected chi connectivity index (χ4v) is 4.96. The van der Waals surface area contributed by atoms with E-state index in [-0.39, 0.29) is 22.7 Å². The zero-order valence-electron chi connectivity index (χ0n) is 18.5. The molecule has 1 aromatic carbocycles. The number of ether oxygens (including phenoxy) is 2. The van der Waals surface area contributed by atoms with Crippen LogP contribution in [-0.2, 0) is 19.1 Å². The van der Waals surface area contributed by atoms with Gasteiger partial charge in [-0.25, -0.2) is 4.79 Å². The van der Waals surface area contributed by atoms with E-state index < -0.39 is 17.3 Å². The Hall–Kier alpha value is -3.08. The molecular formula is C26H29NO4. The van der Waals surface area contributed by atoms with Crippen LogP contribution in [0, 0.1) is 16.7 Å². The van der Waals surface area contributed by atoms with Crippen LogP contribution in [0.25, 0.3) is 5.57 Å². The molecule has 31 heavy (non-hydrogen) atoms. The fourth-order valence-electron chi connectivity index (χ4n) is 4.96. The van der Waals surface area contributed by atoms with E-state index in [0.29, 0.717) is 30.6 Å². The van der Waals surface area contributed by atoms with Gasteiger partial charge in [0, 0.05) is 29.7 Å². The highest BCUT2D eigenvalue weighted by molar-refractivity contribution is 6.02. The highest BCUT2D eigenvalue weighted by Gasteiger charge is 2.50. The third-order valence-corrected chi connectivity index (χ3v) is 6.53. The normalized spacial score (nSPS) is 27.4. The van der Waals surface area contributed by atoms with Crippen LogP contribution in [0.2, 0.25) is 0 Å². The number of benzene rings is 1. The van der Waals surface area contributed by atoms with Crippen molar-refractivity contribution in [3.05, 3.63) is 76.9 Å². The third-order valence-electron chi connectivity index (χ3n) is 6.53. The lowest BCUT2D eigenvalue weighted by Gasteiger charge is -2.44. The molecule has 0 saturated heterocycles. The van der Waals surface area contributed by atoms with Crippen molar-refractivity contribution in [1.82, 2.24) is 0 Å². The van der Waals surface area contributed by atoms with Gasteiger partial charge >= 0.3 is 5.97 Å². The molecule has 2 aliphatic carbocycles. The average Bonchev–Trinajstić information content (AvgIpc) is 2.72. The summed E-state index contributed by atoms with van der Waals surface area (Å²) in [6.45, 7) is 6.14. The SMILES string of the molecule is COC(=O)C1=C(N)OC2=C(C(=O)CC(C)(C)C2)C1C1(C)C=CC(c2ccccc2)=CC1. The van der Waals surface area contributed by atoms with Crippen LogP contribution in [0.15, 0.2) is 71.3 Å². The molecule has 2 N–H and O–H groups in total. The summed E-state index contributed by atoms with van der Waals surface area (Å²) in [4.78, 5) is 26.0. The van der Waals surface area contributed by atoms with Crippen molar-refractivity contribution in [1.29, 1.82) is 0 Å². The van der Waals surface area contributed by atoms with Gasteiger partial charge in [-0.3, -0.25) is 4.79 Å². The van der Waals surface area contributed by atoms with Crippen LogP contribution in [0.4, 0.5) is 0 Å². The van der Waals surface area contributed by atoms with E-state index in [1.165, 1.54) is 7.11 Å². The summed E-state index contributed by atoms with van der Waals surface area (Å²) >= 11 is 0. The van der Waals surface area contributed by atoms with Gasteiger partial charge in [-0.1, -0.05) is 69.3 Å². The van der Waals surface area contributed by atoms with Crippen molar-refractivity contribution < 1.29 is 19.1 Å². The van der Waals surface area contributed by atoms with Gasteiger partial charge in [0.15, 0.2) is 5.78 Å². The topological polar surface area (TPSA) is 78.6 Å². The minimum Gasteiger partial charge on any atom is -0.465 e. The van der Waals surface area contributed by atoms with Crippen molar-refractivity contribution in [2.45, 2.75) is 40.0 Å². The molecule has 5 heteroatoms. The molecule has 2 unspecified atom stereocenters. The predicted octanol–water partition coefficient (Wildman–Crippen LogP) is 4.67. The van der Waals surface area contributed by atoms with Gasteiger partial charge in [-0.15, -0.1) is 0 Å². The predicted molar refractivity (Wildman–Crippen MR) is 119 cm³/mol. The van der Waals surface area contributed by atoms with Crippen molar-refractivity contribution in [2.24, 2.45) is 22.5 Å². The van der Waals surface area contributed by atoms with Crippen LogP contribution in [0.5, 0.6) is 0 Å². The lowest BCUT2D eigenvalue weighted by Crippen LogP contribution is -2.42. The number of carbonyl (C=O) groups excluding carboxylic acids is 2. The second-order valence-corrected chi connectivity index (χ2v) is 9.65. The Labute approximate surface area is 183 Å². The van der Waals surface area contributed by atoms with Crippen LogP contribution >= 0.6 is 0 Å². The number of ketones is 1. The van der Waals surface area contributed by atoms with Gasteiger partial charge in [0.2, 0.25) is 5.88 Å². The van der Waals surface area contributed by atoms with E-state index in [1.54, 1.807) is 0 Å². The number of methoxy groups -OCH3 is 1. The number of nitrogens with two attached hydrogens (primary N) is 1. The molecule has 0 radical (unpaired) electrons. The molecule has 0 fully saturated rings. The highest BCUT2D eigenvalue weighted by atomic mass is 16.5. The van der Waals surface area contributed by atoms with E-state index in [1.807, 2.05) is 32.0 Å². The smallest absolute Gasteiger partial charge is 0.339 e. The van der Waals surface area contributed by atoms with Gasteiger partial charge in [0.25, 0.3) is 0 Å². The average molecular weight is 420 g/mol. The lowest BCUT2D eigenvalue weighted by atomic mass is 9.61. The largest absolute Gasteiger partial charge is 0.465 e. The van der Waals surface area contributed by atoms with Crippen LogP contribution < -0.4 is 5.73 Å². The summed E-state index contributed by atoms with van der Waals surface area (Å²) in [7, 11) is 1.32. The van der Waals surface area contributed by atoms with Crippen molar-refractivity contribution in [3.8, 4) is 0 Å². The van der Waals surface area contributed by atoms with Crippen LogP contribution in [-0.4, -0.2) is 18.9 Å². The number of carbonyl (C=O) groups is 2. The molecule has 3 aliphatic rings. The number of hydrogen-bond donors (Lipinski definition) is 1. The summed E-state index contributed by atoms with van der Waals surface area (Å²) in [5.41, 5.74) is 8.56. The number of allylic oxidation sites excluding steroid dienone is 6. The maximum absolute atomic E-state index is 13.3. The summed E-state index contributed by atoms with van der Waals surface area (Å²) in [5, 5.41) is 0. The van der Waals surface area contributed by atoms with E-state index in [0.717, 1.165) is 11.1 Å². The monoisotopic (exact) mass is 419 g/mol. The van der Waals surface area contributed by atoms with Crippen molar-refractivity contribution >= 4 is 17.3 Å². The Balaban J connectivity index is 1.79. The molecule has 5 nitrogen and oxygen atoms in total. The number of rotatable bonds is 3. The molecule has 2 atom stereocenters. The molecular weight excluding hydrogens is 390 g/mol. The Morgan fingerprint density at radius 1 is 1.16 bits per heavy atom. The molecule has 1 aliphatic heterocycles. The highest BCUT2D eigenvalue weighted by Crippen LogP contribution is 2.53. The molecule has 1 aromatic rings. The first-order chi connectivity index (χ1) is 14.6. The molecule has 0 saturated carbocycles. The molecule has 0 spiro atoms. The first-order valence-corrected chi connectivity index (χ1v) is 10.6. The van der Waals surface area contributed by atoms with Crippen LogP contribution in [0.1, 0.15) is 45.6 Å². The Kier molecular flexibility index (Phi) is 5.16. The number of esters is 1. The number of hydrogen-bond acceptors (Lipinski definition) is 5. The molecule has 0 amide bonds. The number of Topliss-reactive ketones (excluding diaryl/α,β-unsaturated/α-hetero) is 1. The van der Waals surface area contributed by atoms with Gasteiger partial charge in [-0.2, -0.15) is 0 Å². The van der Waals surface area contributed by atoms with Crippen LogP contribution in [0.3, 0.4) is 0 Å². The van der Waals surface area contributed by atoms with Gasteiger partial charge in [0.1, 0.15) is 11.3 Å². The van der Waals surface area contributed by atoms with E-state index >= 15 is 0 Å². The first-order valence-electron chi connectivity index (χ1n) is 10.6. The zero-order chi connectivity index (χ0) is 22.4. The maximum atomic E-state index is 13.3. The van der Waals surface area contributed by atoms with E-state index in [2.05, 4.69) is 37.3 Å². The van der Waals surface area contributed by atoms with Gasteiger partial charge in [-0.05, 0) is 23.0 Å². The summed E-state index contributed by atoms with van der Waals surface area (Å²) in [5.74, 6) is -0.439. The maximum Gasteiger partial charge on any atom is 0.339 e. The van der Waals surface area contributed by atoms with Gasteiger partial charge in [0.05, 0.1) is 7.11 Å². The molecule has 0 bridgehead atoms. The Morgan fingerprint density at radius 2 is 1.87 bits per heavy atom. The summed E-state index contributed by atoms with van der Waals surface area (Å²) < 4.78 is 10.9. The van der Waals surface area contributed by atoms with Gasteiger partial charge < -0.3 is 15.2 Å². The standard InChI is InChI=1S/C26H29NO4/c1-25(2)14-18(28)20-19(15-25)31-23(27)21(24(29)30-4)22(20)26(3)12-10-17(11-13-26)16-8-6-5-7-9-16/h5-12,22H,13-15,27H2,1-4H3. The quantitative estimate of drug-likeness (QED) is 0.721. The summed E-state index contributed by atoms with van der Waals surface area (Å²) in [6.07, 6.45) is 7.98. The second kappa shape index (κ2) is 7.56. The summed E-state index contributed by atoms with van der Waals surface area (Å²) in [6, 6.07) is 10.1. The third kappa shape index (κ3) is 3.73. The van der Waals surface area contributed by atoms with Crippen molar-refractivity contribution in [3.63, 3.8) is 0 Å². The Morgan fingerprint density at radius 3 is 2.48 bits per heavy atom. The molecule has 1 heterocycles. The van der Waals surface area contributed by atoms with E-state index in [4.69, 9.17) is 15.2 Å². The molecule has 0 aromatic heterocycles. The minimum atomic E-state index is -0.556. The second-order valence-electron chi connectivity index (χ2n) is 9.65. The first kappa shape index (κ1) is 21.2. The zero-order valence-corrected chi connectivity index (χ0v) is 18.5. The molecule has 162 valence electrons. The molecule has 4 rings (SSSR count). The minimum absolute atomic E-state index is 0.0117.